The standard InChI is InChI=1S/C19H17N5O3/c1-23(2)14-8-7-13(17(11-14)27-10-9-20)12-21-24-18(25)15-5-3-4-6-16(15)22-19(24)26/h3-8,11-12H,10H2,1-2H3,(H,22,26). The lowest BCUT2D eigenvalue weighted by molar-refractivity contribution is 0.367. The second-order valence-corrected chi connectivity index (χ2v) is 5.90. The zero-order chi connectivity index (χ0) is 19.4. The van der Waals surface area contributed by atoms with Crippen LogP contribution in [0.5, 0.6) is 5.75 Å². The number of hydrogen-bond acceptors (Lipinski definition) is 6. The third kappa shape index (κ3) is 3.72. The van der Waals surface area contributed by atoms with Gasteiger partial charge in [-0.15, -0.1) is 4.68 Å². The van der Waals surface area contributed by atoms with E-state index < -0.39 is 11.2 Å². The zero-order valence-corrected chi connectivity index (χ0v) is 14.8. The molecule has 3 aromatic rings. The van der Waals surface area contributed by atoms with Gasteiger partial charge in [-0.05, 0) is 24.3 Å². The first-order chi connectivity index (χ1) is 13.0. The summed E-state index contributed by atoms with van der Waals surface area (Å²) < 4.78 is 6.20. The molecule has 0 saturated heterocycles. The molecule has 27 heavy (non-hydrogen) atoms. The van der Waals surface area contributed by atoms with Gasteiger partial charge in [0.1, 0.15) is 11.8 Å². The Balaban J connectivity index is 2.06. The fraction of sp³-hybridized carbons (Fsp3) is 0.158. The number of rotatable bonds is 5. The van der Waals surface area contributed by atoms with Crippen molar-refractivity contribution in [1.29, 1.82) is 5.26 Å². The predicted molar refractivity (Wildman–Crippen MR) is 104 cm³/mol. The minimum absolute atomic E-state index is 0.131. The van der Waals surface area contributed by atoms with Crippen molar-refractivity contribution in [3.05, 3.63) is 68.9 Å². The number of H-pyrrole nitrogens is 1. The van der Waals surface area contributed by atoms with Crippen LogP contribution in [-0.2, 0) is 0 Å². The van der Waals surface area contributed by atoms with Crippen molar-refractivity contribution in [3.8, 4) is 11.8 Å². The van der Waals surface area contributed by atoms with Crippen molar-refractivity contribution < 1.29 is 4.74 Å². The third-order valence-electron chi connectivity index (χ3n) is 3.90. The van der Waals surface area contributed by atoms with E-state index in [4.69, 9.17) is 10.00 Å². The summed E-state index contributed by atoms with van der Waals surface area (Å²) in [6, 6.07) is 14.0. The molecule has 0 amide bonds. The lowest BCUT2D eigenvalue weighted by atomic mass is 10.2. The minimum atomic E-state index is -0.639. The highest BCUT2D eigenvalue weighted by Crippen LogP contribution is 2.23. The van der Waals surface area contributed by atoms with Crippen LogP contribution in [0.2, 0.25) is 0 Å². The van der Waals surface area contributed by atoms with Crippen LogP contribution in [0.3, 0.4) is 0 Å². The van der Waals surface area contributed by atoms with Crippen molar-refractivity contribution in [2.45, 2.75) is 0 Å². The van der Waals surface area contributed by atoms with Crippen molar-refractivity contribution in [3.63, 3.8) is 0 Å². The molecule has 1 heterocycles. The lowest BCUT2D eigenvalue weighted by Gasteiger charge is -2.15. The van der Waals surface area contributed by atoms with Crippen LogP contribution in [0, 0.1) is 11.3 Å². The Morgan fingerprint density at radius 2 is 2.04 bits per heavy atom. The quantitative estimate of drug-likeness (QED) is 0.693. The molecule has 0 atom stereocenters. The molecule has 0 aliphatic heterocycles. The SMILES string of the molecule is CN(C)c1ccc(C=Nn2c(=O)[nH]c3ccccc3c2=O)c(OCC#N)c1. The summed E-state index contributed by atoms with van der Waals surface area (Å²) in [4.78, 5) is 29.2. The number of anilines is 1. The number of nitriles is 1. The van der Waals surface area contributed by atoms with Gasteiger partial charge in [-0.25, -0.2) is 4.79 Å². The van der Waals surface area contributed by atoms with Crippen LogP contribution in [-0.4, -0.2) is 36.6 Å². The summed E-state index contributed by atoms with van der Waals surface area (Å²) in [5.74, 6) is 0.428. The van der Waals surface area contributed by atoms with E-state index in [2.05, 4.69) is 10.1 Å². The Morgan fingerprint density at radius 1 is 1.26 bits per heavy atom. The second kappa shape index (κ2) is 7.58. The van der Waals surface area contributed by atoms with Gasteiger partial charge < -0.3 is 14.6 Å². The molecule has 136 valence electrons. The highest BCUT2D eigenvalue weighted by atomic mass is 16.5. The van der Waals surface area contributed by atoms with E-state index in [0.717, 1.165) is 10.4 Å². The number of para-hydroxylation sites is 1. The van der Waals surface area contributed by atoms with E-state index in [1.165, 1.54) is 6.21 Å². The molecule has 0 unspecified atom stereocenters. The molecule has 3 rings (SSSR count). The summed E-state index contributed by atoms with van der Waals surface area (Å²) in [6.45, 7) is -0.131. The maximum Gasteiger partial charge on any atom is 0.349 e. The van der Waals surface area contributed by atoms with Crippen molar-refractivity contribution in [1.82, 2.24) is 9.66 Å². The van der Waals surface area contributed by atoms with Crippen LogP contribution in [0.4, 0.5) is 5.69 Å². The average Bonchev–Trinajstić information content (AvgIpc) is 2.66. The molecule has 8 nitrogen and oxygen atoms in total. The largest absolute Gasteiger partial charge is 0.478 e. The molecule has 0 aliphatic carbocycles. The van der Waals surface area contributed by atoms with Gasteiger partial charge in [0, 0.05) is 31.4 Å². The van der Waals surface area contributed by atoms with Gasteiger partial charge in [-0.2, -0.15) is 10.4 Å². The Hall–Kier alpha value is -3.86. The second-order valence-electron chi connectivity index (χ2n) is 5.90. The Labute approximate surface area is 154 Å². The lowest BCUT2D eigenvalue weighted by Crippen LogP contribution is -2.32. The Morgan fingerprint density at radius 3 is 2.78 bits per heavy atom. The number of fused-ring (bicyclic) bond motifs is 1. The number of nitrogens with one attached hydrogen (secondary N) is 1. The van der Waals surface area contributed by atoms with E-state index >= 15 is 0 Å². The van der Waals surface area contributed by atoms with E-state index in [9.17, 15) is 9.59 Å². The van der Waals surface area contributed by atoms with Crippen LogP contribution in [0.1, 0.15) is 5.56 Å². The van der Waals surface area contributed by atoms with Gasteiger partial charge in [-0.1, -0.05) is 12.1 Å². The molecule has 0 aliphatic rings. The van der Waals surface area contributed by atoms with Crippen LogP contribution in [0.25, 0.3) is 10.9 Å². The van der Waals surface area contributed by atoms with E-state index in [-0.39, 0.29) is 6.61 Å². The summed E-state index contributed by atoms with van der Waals surface area (Å²) in [5.41, 5.74) is 0.706. The number of benzene rings is 2. The summed E-state index contributed by atoms with van der Waals surface area (Å²) >= 11 is 0. The molecule has 2 aromatic carbocycles. The normalized spacial score (nSPS) is 10.9. The monoisotopic (exact) mass is 363 g/mol. The number of hydrogen-bond donors (Lipinski definition) is 1. The number of aromatic amines is 1. The average molecular weight is 363 g/mol. The molecule has 0 radical (unpaired) electrons. The topological polar surface area (TPSA) is 103 Å². The number of nitrogens with zero attached hydrogens (tertiary/aromatic N) is 4. The fourth-order valence-corrected chi connectivity index (χ4v) is 2.52. The highest BCUT2D eigenvalue weighted by Gasteiger charge is 2.08. The summed E-state index contributed by atoms with van der Waals surface area (Å²) in [6.07, 6.45) is 1.36. The van der Waals surface area contributed by atoms with Crippen LogP contribution in [0.15, 0.2) is 57.2 Å². The minimum Gasteiger partial charge on any atom is -0.478 e. The first-order valence-corrected chi connectivity index (χ1v) is 8.11. The van der Waals surface area contributed by atoms with Gasteiger partial charge in [0.2, 0.25) is 0 Å². The van der Waals surface area contributed by atoms with Crippen LogP contribution < -0.4 is 20.9 Å². The maximum atomic E-state index is 12.5. The number of ether oxygens (including phenoxy) is 1. The molecule has 0 saturated carbocycles. The van der Waals surface area contributed by atoms with Crippen LogP contribution >= 0.6 is 0 Å². The molecule has 8 heteroatoms. The fourth-order valence-electron chi connectivity index (χ4n) is 2.52. The first-order valence-electron chi connectivity index (χ1n) is 8.11. The van der Waals surface area contributed by atoms with Gasteiger partial charge >= 0.3 is 5.69 Å². The highest BCUT2D eigenvalue weighted by molar-refractivity contribution is 5.85. The molecule has 1 N–H and O–H groups in total. The molecule has 1 aromatic heterocycles. The van der Waals surface area contributed by atoms with E-state index in [0.29, 0.717) is 22.2 Å². The zero-order valence-electron chi connectivity index (χ0n) is 14.8. The van der Waals surface area contributed by atoms with Gasteiger partial charge in [-0.3, -0.25) is 4.79 Å². The Kier molecular flexibility index (Phi) is 5.04. The van der Waals surface area contributed by atoms with Crippen molar-refractivity contribution >= 4 is 22.8 Å². The van der Waals surface area contributed by atoms with E-state index in [1.807, 2.05) is 31.1 Å². The Bertz CT molecular complexity index is 1170. The van der Waals surface area contributed by atoms with Gasteiger partial charge in [0.25, 0.3) is 5.56 Å². The molecule has 0 bridgehead atoms. The summed E-state index contributed by atoms with van der Waals surface area (Å²) in [7, 11) is 3.76. The smallest absolute Gasteiger partial charge is 0.349 e. The maximum absolute atomic E-state index is 12.5. The van der Waals surface area contributed by atoms with Gasteiger partial charge in [0.15, 0.2) is 6.61 Å². The van der Waals surface area contributed by atoms with Gasteiger partial charge in [0.05, 0.1) is 17.1 Å². The van der Waals surface area contributed by atoms with Crippen molar-refractivity contribution in [2.24, 2.45) is 5.10 Å². The summed E-state index contributed by atoms with van der Waals surface area (Å²) in [5, 5.41) is 13.2. The predicted octanol–water partition coefficient (Wildman–Crippen LogP) is 1.54. The molecule has 0 spiro atoms. The van der Waals surface area contributed by atoms with Crippen molar-refractivity contribution in [2.75, 3.05) is 25.6 Å². The first kappa shape index (κ1) is 17.9. The molecular formula is C19H17N5O3. The third-order valence-corrected chi connectivity index (χ3v) is 3.90. The van der Waals surface area contributed by atoms with E-state index in [1.54, 1.807) is 36.4 Å². The number of aromatic nitrogens is 2. The molecule has 0 fully saturated rings. The molecular weight excluding hydrogens is 346 g/mol.